The molecule has 0 bridgehead atoms. The van der Waals surface area contributed by atoms with Gasteiger partial charge in [0.1, 0.15) is 11.9 Å². The molecule has 1 amide bonds. The number of aliphatic hydroxyl groups is 2. The van der Waals surface area contributed by atoms with Gasteiger partial charge in [-0.3, -0.25) is 4.79 Å². The number of carbonyl (C=O) groups excluding carboxylic acids is 1. The first-order valence-electron chi connectivity index (χ1n) is 4.04. The quantitative estimate of drug-likeness (QED) is 0.705. The zero-order chi connectivity index (χ0) is 11.6. The van der Waals surface area contributed by atoms with Gasteiger partial charge in [0.15, 0.2) is 6.10 Å². The first-order valence-corrected chi connectivity index (χ1v) is 4.41. The van der Waals surface area contributed by atoms with E-state index in [0.717, 1.165) is 12.1 Å². The molecule has 4 N–H and O–H groups in total. The fourth-order valence-corrected chi connectivity index (χ4v) is 1.22. The summed E-state index contributed by atoms with van der Waals surface area (Å²) in [6.45, 7) is 0. The minimum absolute atomic E-state index is 0.118. The Kier molecular flexibility index (Phi) is 3.62. The number of rotatable bonds is 3. The molecule has 1 rings (SSSR count). The van der Waals surface area contributed by atoms with Gasteiger partial charge in [0, 0.05) is 0 Å². The average molecular weight is 234 g/mol. The molecule has 6 heteroatoms. The number of primary amides is 1. The summed E-state index contributed by atoms with van der Waals surface area (Å²) in [5, 5.41) is 18.4. The van der Waals surface area contributed by atoms with E-state index in [9.17, 15) is 14.3 Å². The number of benzene rings is 1. The second-order valence-electron chi connectivity index (χ2n) is 2.97. The van der Waals surface area contributed by atoms with Gasteiger partial charge in [0.2, 0.25) is 5.91 Å². The molecule has 0 fully saturated rings. The molecule has 0 aliphatic carbocycles. The lowest BCUT2D eigenvalue weighted by Gasteiger charge is -2.15. The number of hydrogen-bond acceptors (Lipinski definition) is 3. The summed E-state index contributed by atoms with van der Waals surface area (Å²) in [5.74, 6) is -1.72. The van der Waals surface area contributed by atoms with E-state index in [0.29, 0.717) is 0 Å². The van der Waals surface area contributed by atoms with Gasteiger partial charge in [-0.15, -0.1) is 0 Å². The molecule has 0 heterocycles. The van der Waals surface area contributed by atoms with Gasteiger partial charge >= 0.3 is 0 Å². The van der Waals surface area contributed by atoms with E-state index >= 15 is 0 Å². The molecule has 2 atom stereocenters. The maximum Gasteiger partial charge on any atom is 0.249 e. The van der Waals surface area contributed by atoms with Gasteiger partial charge in [0.25, 0.3) is 0 Å². The normalized spacial score (nSPS) is 14.7. The van der Waals surface area contributed by atoms with E-state index in [1.165, 1.54) is 6.07 Å². The van der Waals surface area contributed by atoms with Crippen LogP contribution in [0.25, 0.3) is 0 Å². The number of nitrogens with two attached hydrogens (primary N) is 1. The zero-order valence-electron chi connectivity index (χ0n) is 7.52. The lowest BCUT2D eigenvalue weighted by molar-refractivity contribution is -0.131. The standard InChI is InChI=1S/C9H9ClFNO3/c10-5-3-4(1-2-6(5)11)7(13)8(14)9(12)15/h1-3,7-8,13-14H,(H2,12,15). The fourth-order valence-electron chi connectivity index (χ4n) is 1.03. The Morgan fingerprint density at radius 2 is 2.07 bits per heavy atom. The molecule has 0 aromatic heterocycles. The molecule has 0 aliphatic rings. The lowest BCUT2D eigenvalue weighted by Crippen LogP contribution is -2.33. The SMILES string of the molecule is NC(=O)C(O)C(O)c1ccc(F)c(Cl)c1. The summed E-state index contributed by atoms with van der Waals surface area (Å²) >= 11 is 5.46. The maximum atomic E-state index is 12.8. The molecule has 82 valence electrons. The van der Waals surface area contributed by atoms with E-state index in [4.69, 9.17) is 22.4 Å². The zero-order valence-corrected chi connectivity index (χ0v) is 8.28. The summed E-state index contributed by atoms with van der Waals surface area (Å²) in [5.41, 5.74) is 4.90. The van der Waals surface area contributed by atoms with Gasteiger partial charge in [-0.05, 0) is 17.7 Å². The highest BCUT2D eigenvalue weighted by Gasteiger charge is 2.23. The number of carbonyl (C=O) groups is 1. The maximum absolute atomic E-state index is 12.8. The molecule has 0 saturated carbocycles. The first kappa shape index (κ1) is 11.9. The Morgan fingerprint density at radius 1 is 1.47 bits per heavy atom. The molecule has 1 aromatic carbocycles. The van der Waals surface area contributed by atoms with E-state index in [1.807, 2.05) is 0 Å². The summed E-state index contributed by atoms with van der Waals surface area (Å²) in [7, 11) is 0. The van der Waals surface area contributed by atoms with Gasteiger partial charge in [0.05, 0.1) is 5.02 Å². The Bertz CT molecular complexity index is 386. The van der Waals surface area contributed by atoms with Crippen LogP contribution in [0.1, 0.15) is 11.7 Å². The fraction of sp³-hybridized carbons (Fsp3) is 0.222. The third kappa shape index (κ3) is 2.65. The number of amides is 1. The van der Waals surface area contributed by atoms with Crippen LogP contribution in [0.2, 0.25) is 5.02 Å². The molecule has 1 aromatic rings. The highest BCUT2D eigenvalue weighted by molar-refractivity contribution is 6.30. The van der Waals surface area contributed by atoms with Crippen molar-refractivity contribution < 1.29 is 19.4 Å². The molecule has 4 nitrogen and oxygen atoms in total. The summed E-state index contributed by atoms with van der Waals surface area (Å²) in [6.07, 6.45) is -3.26. The lowest BCUT2D eigenvalue weighted by atomic mass is 10.0. The Morgan fingerprint density at radius 3 is 2.53 bits per heavy atom. The minimum Gasteiger partial charge on any atom is -0.385 e. The minimum atomic E-state index is -1.74. The van der Waals surface area contributed by atoms with Crippen molar-refractivity contribution in [1.29, 1.82) is 0 Å². The van der Waals surface area contributed by atoms with Crippen LogP contribution in [-0.4, -0.2) is 22.2 Å². The van der Waals surface area contributed by atoms with Crippen LogP contribution in [0.15, 0.2) is 18.2 Å². The molecule has 0 spiro atoms. The van der Waals surface area contributed by atoms with Crippen LogP contribution in [0.5, 0.6) is 0 Å². The van der Waals surface area contributed by atoms with Crippen molar-refractivity contribution in [1.82, 2.24) is 0 Å². The van der Waals surface area contributed by atoms with Crippen molar-refractivity contribution in [3.63, 3.8) is 0 Å². The topological polar surface area (TPSA) is 83.6 Å². The summed E-state index contributed by atoms with van der Waals surface area (Å²) in [6, 6.07) is 3.35. The van der Waals surface area contributed by atoms with Gasteiger partial charge in [-0.1, -0.05) is 17.7 Å². The highest BCUT2D eigenvalue weighted by atomic mass is 35.5. The molecular formula is C9H9ClFNO3. The van der Waals surface area contributed by atoms with Crippen molar-refractivity contribution in [3.05, 3.63) is 34.6 Å². The van der Waals surface area contributed by atoms with Crippen molar-refractivity contribution in [3.8, 4) is 0 Å². The smallest absolute Gasteiger partial charge is 0.249 e. The molecule has 0 aliphatic heterocycles. The second kappa shape index (κ2) is 4.57. The molecular weight excluding hydrogens is 225 g/mol. The largest absolute Gasteiger partial charge is 0.385 e. The van der Waals surface area contributed by atoms with Crippen LogP contribution in [-0.2, 0) is 4.79 Å². The summed E-state index contributed by atoms with van der Waals surface area (Å²) < 4.78 is 12.8. The predicted molar refractivity (Wildman–Crippen MR) is 51.6 cm³/mol. The Hall–Kier alpha value is -1.17. The first-order chi connectivity index (χ1) is 6.93. The van der Waals surface area contributed by atoms with Crippen LogP contribution in [0.3, 0.4) is 0 Å². The van der Waals surface area contributed by atoms with Crippen molar-refractivity contribution in [2.75, 3.05) is 0 Å². The molecule has 0 saturated heterocycles. The Balaban J connectivity index is 2.96. The monoisotopic (exact) mass is 233 g/mol. The number of aliphatic hydroxyl groups excluding tert-OH is 2. The van der Waals surface area contributed by atoms with Crippen molar-refractivity contribution in [2.45, 2.75) is 12.2 Å². The highest BCUT2D eigenvalue weighted by Crippen LogP contribution is 2.22. The van der Waals surface area contributed by atoms with E-state index < -0.39 is 23.9 Å². The molecule has 0 radical (unpaired) electrons. The van der Waals surface area contributed by atoms with Crippen LogP contribution < -0.4 is 5.73 Å². The van der Waals surface area contributed by atoms with Crippen molar-refractivity contribution >= 4 is 17.5 Å². The van der Waals surface area contributed by atoms with E-state index in [-0.39, 0.29) is 10.6 Å². The van der Waals surface area contributed by atoms with Crippen LogP contribution >= 0.6 is 11.6 Å². The second-order valence-corrected chi connectivity index (χ2v) is 3.37. The van der Waals surface area contributed by atoms with Gasteiger partial charge in [-0.25, -0.2) is 4.39 Å². The van der Waals surface area contributed by atoms with Crippen molar-refractivity contribution in [2.24, 2.45) is 5.73 Å². The Labute approximate surface area is 90.1 Å². The van der Waals surface area contributed by atoms with Crippen LogP contribution in [0, 0.1) is 5.82 Å². The van der Waals surface area contributed by atoms with E-state index in [2.05, 4.69) is 0 Å². The number of hydrogen-bond donors (Lipinski definition) is 3. The predicted octanol–water partition coefficient (Wildman–Crippen LogP) is 0.359. The van der Waals surface area contributed by atoms with Gasteiger partial charge < -0.3 is 15.9 Å². The summed E-state index contributed by atoms with van der Waals surface area (Å²) in [4.78, 5) is 10.6. The molecule has 15 heavy (non-hydrogen) atoms. The van der Waals surface area contributed by atoms with Crippen LogP contribution in [0.4, 0.5) is 4.39 Å². The average Bonchev–Trinajstić information content (AvgIpc) is 2.19. The third-order valence-corrected chi connectivity index (χ3v) is 2.17. The molecule has 2 unspecified atom stereocenters. The van der Waals surface area contributed by atoms with E-state index in [1.54, 1.807) is 0 Å². The van der Waals surface area contributed by atoms with Gasteiger partial charge in [-0.2, -0.15) is 0 Å². The third-order valence-electron chi connectivity index (χ3n) is 1.88. The number of halogens is 2.